The van der Waals surface area contributed by atoms with Crippen LogP contribution in [0.25, 0.3) is 0 Å². The van der Waals surface area contributed by atoms with E-state index in [0.717, 1.165) is 37.8 Å². The third-order valence-corrected chi connectivity index (χ3v) is 4.81. The molecule has 2 heterocycles. The second-order valence-corrected chi connectivity index (χ2v) is 6.23. The Hall–Kier alpha value is -1.83. The number of ether oxygens (including phenoxy) is 1. The van der Waals surface area contributed by atoms with Gasteiger partial charge in [-0.1, -0.05) is 34.8 Å². The standard InChI is InChI=1S/C16H20N4O2S/c1-12-15(23-19-18-12)16(21)17-11-14(13-5-3-2-4-6-13)20-7-9-22-10-8-20/h2-6,14H,7-11H2,1H3,(H,17,21)/t14-/m0/s1. The number of hydrogen-bond acceptors (Lipinski definition) is 6. The maximum Gasteiger partial charge on any atom is 0.265 e. The van der Waals surface area contributed by atoms with Gasteiger partial charge in [-0.05, 0) is 24.0 Å². The fourth-order valence-corrected chi connectivity index (χ4v) is 3.30. The Morgan fingerprint density at radius 3 is 2.74 bits per heavy atom. The Morgan fingerprint density at radius 1 is 1.35 bits per heavy atom. The van der Waals surface area contributed by atoms with Crippen LogP contribution < -0.4 is 5.32 Å². The minimum Gasteiger partial charge on any atom is -0.379 e. The molecule has 0 spiro atoms. The lowest BCUT2D eigenvalue weighted by Gasteiger charge is -2.34. The molecule has 0 radical (unpaired) electrons. The molecule has 23 heavy (non-hydrogen) atoms. The van der Waals surface area contributed by atoms with Crippen LogP contribution in [-0.4, -0.2) is 53.2 Å². The Bertz CT molecular complexity index is 641. The van der Waals surface area contributed by atoms with Gasteiger partial charge in [-0.2, -0.15) is 0 Å². The smallest absolute Gasteiger partial charge is 0.265 e. The normalized spacial score (nSPS) is 16.9. The maximum absolute atomic E-state index is 12.3. The number of aromatic nitrogens is 2. The van der Waals surface area contributed by atoms with Crippen LogP contribution in [0.5, 0.6) is 0 Å². The van der Waals surface area contributed by atoms with Crippen molar-refractivity contribution in [3.05, 3.63) is 46.5 Å². The predicted octanol–water partition coefficient (Wildman–Crippen LogP) is 1.65. The summed E-state index contributed by atoms with van der Waals surface area (Å²) in [5.41, 5.74) is 1.88. The molecule has 122 valence electrons. The fourth-order valence-electron chi connectivity index (χ4n) is 2.73. The van der Waals surface area contributed by atoms with Gasteiger partial charge in [0.2, 0.25) is 0 Å². The number of nitrogens with one attached hydrogen (secondary N) is 1. The highest BCUT2D eigenvalue weighted by atomic mass is 32.1. The van der Waals surface area contributed by atoms with Crippen LogP contribution in [0, 0.1) is 6.92 Å². The average Bonchev–Trinajstić information content (AvgIpc) is 3.03. The third-order valence-electron chi connectivity index (χ3n) is 3.98. The number of nitrogens with zero attached hydrogens (tertiary/aromatic N) is 3. The highest BCUT2D eigenvalue weighted by molar-refractivity contribution is 7.07. The summed E-state index contributed by atoms with van der Waals surface area (Å²) in [5, 5.41) is 6.92. The molecule has 1 N–H and O–H groups in total. The van der Waals surface area contributed by atoms with E-state index in [4.69, 9.17) is 4.74 Å². The summed E-state index contributed by atoms with van der Waals surface area (Å²) in [6.07, 6.45) is 0. The number of carbonyl (C=O) groups excluding carboxylic acids is 1. The van der Waals surface area contributed by atoms with Crippen molar-refractivity contribution >= 4 is 17.4 Å². The lowest BCUT2D eigenvalue weighted by Crippen LogP contribution is -2.43. The Morgan fingerprint density at radius 2 is 2.09 bits per heavy atom. The van der Waals surface area contributed by atoms with Crippen molar-refractivity contribution in [2.45, 2.75) is 13.0 Å². The van der Waals surface area contributed by atoms with Gasteiger partial charge in [0, 0.05) is 19.6 Å². The maximum atomic E-state index is 12.3. The summed E-state index contributed by atoms with van der Waals surface area (Å²) in [6, 6.07) is 10.4. The highest BCUT2D eigenvalue weighted by Gasteiger charge is 2.24. The number of hydrogen-bond donors (Lipinski definition) is 1. The second-order valence-electron chi connectivity index (χ2n) is 5.47. The number of morpholine rings is 1. The van der Waals surface area contributed by atoms with Gasteiger partial charge in [0.15, 0.2) is 0 Å². The first-order chi connectivity index (χ1) is 11.3. The molecule has 3 rings (SSSR count). The molecule has 1 aromatic heterocycles. The molecule has 0 aliphatic carbocycles. The summed E-state index contributed by atoms with van der Waals surface area (Å²) in [5.74, 6) is -0.105. The molecule has 1 aliphatic heterocycles. The predicted molar refractivity (Wildman–Crippen MR) is 88.6 cm³/mol. The molecule has 0 unspecified atom stereocenters. The lowest BCUT2D eigenvalue weighted by atomic mass is 10.0. The van der Waals surface area contributed by atoms with Gasteiger partial charge >= 0.3 is 0 Å². The van der Waals surface area contributed by atoms with Crippen molar-refractivity contribution in [1.29, 1.82) is 0 Å². The van der Waals surface area contributed by atoms with E-state index in [1.54, 1.807) is 6.92 Å². The first kappa shape index (κ1) is 16.0. The first-order valence-electron chi connectivity index (χ1n) is 7.69. The SMILES string of the molecule is Cc1nnsc1C(=O)NC[C@@H](c1ccccc1)N1CCOCC1. The van der Waals surface area contributed by atoms with Crippen LogP contribution in [-0.2, 0) is 4.74 Å². The van der Waals surface area contributed by atoms with Crippen molar-refractivity contribution in [3.8, 4) is 0 Å². The molecule has 2 aromatic rings. The largest absolute Gasteiger partial charge is 0.379 e. The van der Waals surface area contributed by atoms with Gasteiger partial charge in [0.25, 0.3) is 5.91 Å². The zero-order valence-corrected chi connectivity index (χ0v) is 13.9. The van der Waals surface area contributed by atoms with Gasteiger partial charge in [-0.25, -0.2) is 0 Å². The van der Waals surface area contributed by atoms with E-state index in [9.17, 15) is 4.79 Å². The van der Waals surface area contributed by atoms with Crippen molar-refractivity contribution in [2.75, 3.05) is 32.8 Å². The van der Waals surface area contributed by atoms with Gasteiger partial charge in [-0.15, -0.1) is 5.10 Å². The van der Waals surface area contributed by atoms with Gasteiger partial charge in [0.05, 0.1) is 24.9 Å². The molecule has 1 amide bonds. The molecule has 1 fully saturated rings. The van der Waals surface area contributed by atoms with Crippen LogP contribution in [0.4, 0.5) is 0 Å². The Kier molecular flexibility index (Phi) is 5.32. The molecule has 1 saturated heterocycles. The van der Waals surface area contributed by atoms with Gasteiger partial charge < -0.3 is 10.1 Å². The van der Waals surface area contributed by atoms with E-state index >= 15 is 0 Å². The fraction of sp³-hybridized carbons (Fsp3) is 0.438. The van der Waals surface area contributed by atoms with Crippen molar-refractivity contribution < 1.29 is 9.53 Å². The molecule has 7 heteroatoms. The number of carbonyl (C=O) groups is 1. The molecule has 0 bridgehead atoms. The molecule has 1 aromatic carbocycles. The van der Waals surface area contributed by atoms with Crippen LogP contribution in [0.3, 0.4) is 0 Å². The van der Waals surface area contributed by atoms with Crippen LogP contribution in [0.15, 0.2) is 30.3 Å². The molecular weight excluding hydrogens is 312 g/mol. The lowest BCUT2D eigenvalue weighted by molar-refractivity contribution is 0.0162. The zero-order valence-electron chi connectivity index (χ0n) is 13.1. The summed E-state index contributed by atoms with van der Waals surface area (Å²) in [4.78, 5) is 15.3. The van der Waals surface area contributed by atoms with Crippen molar-refractivity contribution in [2.24, 2.45) is 0 Å². The van der Waals surface area contributed by atoms with E-state index in [1.165, 1.54) is 5.56 Å². The summed E-state index contributed by atoms with van der Waals surface area (Å²) in [6.45, 7) is 5.56. The summed E-state index contributed by atoms with van der Waals surface area (Å²) >= 11 is 1.13. The van der Waals surface area contributed by atoms with E-state index in [2.05, 4.69) is 31.9 Å². The zero-order chi connectivity index (χ0) is 16.1. The second kappa shape index (κ2) is 7.63. The van der Waals surface area contributed by atoms with Gasteiger partial charge in [-0.3, -0.25) is 9.69 Å². The van der Waals surface area contributed by atoms with Crippen LogP contribution >= 0.6 is 11.5 Å². The molecule has 1 atom stereocenters. The minimum absolute atomic E-state index is 0.105. The Labute approximate surface area is 139 Å². The number of amides is 1. The molecule has 6 nitrogen and oxygen atoms in total. The average molecular weight is 332 g/mol. The Balaban J connectivity index is 1.71. The molecule has 0 saturated carbocycles. The van der Waals surface area contributed by atoms with Crippen LogP contribution in [0.1, 0.15) is 27.0 Å². The van der Waals surface area contributed by atoms with Gasteiger partial charge in [0.1, 0.15) is 4.88 Å². The minimum atomic E-state index is -0.105. The quantitative estimate of drug-likeness (QED) is 0.902. The van der Waals surface area contributed by atoms with Crippen molar-refractivity contribution in [3.63, 3.8) is 0 Å². The third kappa shape index (κ3) is 3.93. The topological polar surface area (TPSA) is 67.4 Å². The highest BCUT2D eigenvalue weighted by Crippen LogP contribution is 2.21. The summed E-state index contributed by atoms with van der Waals surface area (Å²) < 4.78 is 9.26. The van der Waals surface area contributed by atoms with E-state index in [1.807, 2.05) is 18.2 Å². The van der Waals surface area contributed by atoms with E-state index < -0.39 is 0 Å². The summed E-state index contributed by atoms with van der Waals surface area (Å²) in [7, 11) is 0. The monoisotopic (exact) mass is 332 g/mol. The van der Waals surface area contributed by atoms with E-state index in [0.29, 0.717) is 17.1 Å². The number of aryl methyl sites for hydroxylation is 1. The number of rotatable bonds is 5. The van der Waals surface area contributed by atoms with E-state index in [-0.39, 0.29) is 11.9 Å². The molecular formula is C16H20N4O2S. The molecule has 1 aliphatic rings. The first-order valence-corrected chi connectivity index (χ1v) is 8.47. The van der Waals surface area contributed by atoms with Crippen LogP contribution in [0.2, 0.25) is 0 Å². The van der Waals surface area contributed by atoms with Crippen molar-refractivity contribution in [1.82, 2.24) is 19.8 Å². The number of benzene rings is 1.